The van der Waals surface area contributed by atoms with Crippen molar-refractivity contribution in [3.63, 3.8) is 0 Å². The van der Waals surface area contributed by atoms with Gasteiger partial charge in [0.2, 0.25) is 0 Å². The van der Waals surface area contributed by atoms with Gasteiger partial charge in [-0.1, -0.05) is 211 Å². The number of rotatable bonds is 46. The second kappa shape index (κ2) is 49.2. The van der Waals surface area contributed by atoms with E-state index < -0.39 is 6.10 Å². The molecule has 5 nitrogen and oxygen atoms in total. The highest BCUT2D eigenvalue weighted by Gasteiger charge is 2.17. The Morgan fingerprint density at radius 3 is 1.24 bits per heavy atom. The van der Waals surface area contributed by atoms with Crippen molar-refractivity contribution < 1.29 is 23.8 Å². The van der Waals surface area contributed by atoms with Crippen molar-refractivity contribution in [1.29, 1.82) is 0 Å². The lowest BCUT2D eigenvalue weighted by Gasteiger charge is -2.18. The zero-order chi connectivity index (χ0) is 42.1. The molecule has 0 aromatic rings. The number of esters is 2. The Morgan fingerprint density at radius 2 is 0.759 bits per heavy atom. The molecule has 1 atom stereocenters. The van der Waals surface area contributed by atoms with E-state index in [0.29, 0.717) is 19.4 Å². The van der Waals surface area contributed by atoms with Crippen LogP contribution in [0.4, 0.5) is 0 Å². The van der Waals surface area contributed by atoms with Crippen molar-refractivity contribution in [3.05, 3.63) is 48.6 Å². The van der Waals surface area contributed by atoms with Crippen molar-refractivity contribution in [3.8, 4) is 0 Å². The summed E-state index contributed by atoms with van der Waals surface area (Å²) in [5.41, 5.74) is 0. The summed E-state index contributed by atoms with van der Waals surface area (Å²) >= 11 is 0. The summed E-state index contributed by atoms with van der Waals surface area (Å²) in [5, 5.41) is 0. The SMILES string of the molecule is CCC/C=C\C/C=C\CCCCCCCCOCC(COC(=O)CCCCCCCCCCC/C=C\C/C=C\CCCCC)OC(=O)CCCCCCCCCCC. The predicted octanol–water partition coefficient (Wildman–Crippen LogP) is 16.8. The molecule has 0 spiro atoms. The summed E-state index contributed by atoms with van der Waals surface area (Å²) in [7, 11) is 0. The number of carbonyl (C=O) groups excluding carboxylic acids is 2. The van der Waals surface area contributed by atoms with Gasteiger partial charge < -0.3 is 14.2 Å². The van der Waals surface area contributed by atoms with Gasteiger partial charge >= 0.3 is 11.9 Å². The first-order valence-electron chi connectivity index (χ1n) is 25.2. The van der Waals surface area contributed by atoms with Crippen LogP contribution < -0.4 is 0 Å². The Balaban J connectivity index is 4.17. The lowest BCUT2D eigenvalue weighted by atomic mass is 10.1. The van der Waals surface area contributed by atoms with Crippen LogP contribution in [0.2, 0.25) is 0 Å². The fraction of sp³-hybridized carbons (Fsp3) is 0.811. The molecule has 0 rings (SSSR count). The monoisotopic (exact) mass is 813 g/mol. The Bertz CT molecular complexity index is 966. The third kappa shape index (κ3) is 46.5. The number of hydrogen-bond donors (Lipinski definition) is 0. The molecule has 0 saturated carbocycles. The van der Waals surface area contributed by atoms with Crippen molar-refractivity contribution in [2.75, 3.05) is 19.8 Å². The standard InChI is InChI=1S/C53H96O5/c1-4-7-10-13-16-19-21-23-25-26-27-28-29-30-32-35-37-40-43-46-52(54)57-50-51(58-53(55)47-44-41-38-34-18-15-12-9-6-3)49-56-48-45-42-39-36-33-31-24-22-20-17-14-11-8-5-2/h11,14,16,19-20,22-23,25,51H,4-10,12-13,15,17-18,21,24,26-50H2,1-3H3/b14-11-,19-16-,22-20-,25-23-. The van der Waals surface area contributed by atoms with Crippen LogP contribution in [-0.2, 0) is 23.8 Å². The highest BCUT2D eigenvalue weighted by molar-refractivity contribution is 5.70. The van der Waals surface area contributed by atoms with Crippen LogP contribution >= 0.6 is 0 Å². The molecule has 0 radical (unpaired) electrons. The molecule has 0 aromatic heterocycles. The van der Waals surface area contributed by atoms with Crippen molar-refractivity contribution in [2.24, 2.45) is 0 Å². The fourth-order valence-electron chi connectivity index (χ4n) is 7.05. The van der Waals surface area contributed by atoms with Gasteiger partial charge in [0.1, 0.15) is 6.61 Å². The summed E-state index contributed by atoms with van der Waals surface area (Å²) in [5.74, 6) is -0.403. The van der Waals surface area contributed by atoms with Gasteiger partial charge in [0.15, 0.2) is 6.10 Å². The van der Waals surface area contributed by atoms with Crippen LogP contribution in [0.1, 0.15) is 252 Å². The van der Waals surface area contributed by atoms with Crippen molar-refractivity contribution in [1.82, 2.24) is 0 Å². The predicted molar refractivity (Wildman–Crippen MR) is 251 cm³/mol. The summed E-state index contributed by atoms with van der Waals surface area (Å²) < 4.78 is 17.3. The maximum atomic E-state index is 12.7. The number of ether oxygens (including phenoxy) is 3. The summed E-state index contributed by atoms with van der Waals surface area (Å²) in [6, 6.07) is 0. The van der Waals surface area contributed by atoms with Crippen LogP contribution in [-0.4, -0.2) is 37.9 Å². The minimum absolute atomic E-state index is 0.0811. The molecule has 1 unspecified atom stereocenters. The van der Waals surface area contributed by atoms with Crippen molar-refractivity contribution in [2.45, 2.75) is 258 Å². The van der Waals surface area contributed by atoms with Gasteiger partial charge in [0.25, 0.3) is 0 Å². The first kappa shape index (κ1) is 55.9. The van der Waals surface area contributed by atoms with Gasteiger partial charge in [-0.15, -0.1) is 0 Å². The van der Waals surface area contributed by atoms with Gasteiger partial charge in [0.05, 0.1) is 6.61 Å². The highest BCUT2D eigenvalue weighted by Crippen LogP contribution is 2.14. The number of unbranched alkanes of at least 4 members (excludes halogenated alkanes) is 27. The van der Waals surface area contributed by atoms with E-state index in [4.69, 9.17) is 14.2 Å². The van der Waals surface area contributed by atoms with E-state index in [2.05, 4.69) is 69.4 Å². The first-order valence-corrected chi connectivity index (χ1v) is 25.2. The van der Waals surface area contributed by atoms with E-state index in [1.807, 2.05) is 0 Å². The van der Waals surface area contributed by atoms with Gasteiger partial charge in [-0.05, 0) is 77.0 Å². The molecule has 58 heavy (non-hydrogen) atoms. The van der Waals surface area contributed by atoms with Crippen LogP contribution in [0, 0.1) is 0 Å². The van der Waals surface area contributed by atoms with E-state index in [-0.39, 0.29) is 25.2 Å². The molecule has 0 heterocycles. The average molecular weight is 813 g/mol. The third-order valence-electron chi connectivity index (χ3n) is 10.8. The second-order valence-electron chi connectivity index (χ2n) is 16.7. The summed E-state index contributed by atoms with van der Waals surface area (Å²) in [4.78, 5) is 25.3. The van der Waals surface area contributed by atoms with E-state index >= 15 is 0 Å². The van der Waals surface area contributed by atoms with Crippen LogP contribution in [0.5, 0.6) is 0 Å². The van der Waals surface area contributed by atoms with E-state index in [9.17, 15) is 9.59 Å². The smallest absolute Gasteiger partial charge is 0.306 e. The zero-order valence-electron chi connectivity index (χ0n) is 38.8. The summed E-state index contributed by atoms with van der Waals surface area (Å²) in [6.07, 6.45) is 59.7. The molecule has 0 aromatic carbocycles. The molecule has 5 heteroatoms. The topological polar surface area (TPSA) is 61.8 Å². The van der Waals surface area contributed by atoms with Crippen LogP contribution in [0.15, 0.2) is 48.6 Å². The first-order chi connectivity index (χ1) is 28.6. The van der Waals surface area contributed by atoms with Crippen molar-refractivity contribution >= 4 is 11.9 Å². The molecule has 0 fully saturated rings. The molecule has 338 valence electrons. The van der Waals surface area contributed by atoms with Gasteiger partial charge in [-0.2, -0.15) is 0 Å². The average Bonchev–Trinajstić information content (AvgIpc) is 3.22. The molecule has 0 aliphatic carbocycles. The largest absolute Gasteiger partial charge is 0.462 e. The van der Waals surface area contributed by atoms with E-state index in [1.165, 1.54) is 167 Å². The molecule has 0 saturated heterocycles. The van der Waals surface area contributed by atoms with Crippen LogP contribution in [0.3, 0.4) is 0 Å². The van der Waals surface area contributed by atoms with Gasteiger partial charge in [-0.3, -0.25) is 9.59 Å². The Hall–Kier alpha value is -2.14. The molecule has 0 N–H and O–H groups in total. The number of hydrogen-bond acceptors (Lipinski definition) is 5. The summed E-state index contributed by atoms with van der Waals surface area (Å²) in [6.45, 7) is 7.72. The molecule has 0 aliphatic heterocycles. The van der Waals surface area contributed by atoms with Crippen LogP contribution in [0.25, 0.3) is 0 Å². The normalized spacial score (nSPS) is 12.5. The molecular weight excluding hydrogens is 717 g/mol. The van der Waals surface area contributed by atoms with Gasteiger partial charge in [0, 0.05) is 19.4 Å². The minimum Gasteiger partial charge on any atom is -0.462 e. The quantitative estimate of drug-likeness (QED) is 0.0348. The number of carbonyl (C=O) groups is 2. The Morgan fingerprint density at radius 1 is 0.379 bits per heavy atom. The third-order valence-corrected chi connectivity index (χ3v) is 10.8. The Labute approximate surface area is 361 Å². The Kier molecular flexibility index (Phi) is 47.4. The minimum atomic E-state index is -0.538. The molecule has 0 amide bonds. The second-order valence-corrected chi connectivity index (χ2v) is 16.7. The molecule has 0 bridgehead atoms. The van der Waals surface area contributed by atoms with E-state index in [0.717, 1.165) is 51.4 Å². The van der Waals surface area contributed by atoms with Gasteiger partial charge in [-0.25, -0.2) is 0 Å². The molecule has 0 aliphatic rings. The lowest BCUT2D eigenvalue weighted by Crippen LogP contribution is -2.30. The lowest BCUT2D eigenvalue weighted by molar-refractivity contribution is -0.163. The number of allylic oxidation sites excluding steroid dienone is 8. The molecular formula is C53H96O5. The maximum absolute atomic E-state index is 12.7. The highest BCUT2D eigenvalue weighted by atomic mass is 16.6. The maximum Gasteiger partial charge on any atom is 0.306 e. The zero-order valence-corrected chi connectivity index (χ0v) is 38.8. The fourth-order valence-corrected chi connectivity index (χ4v) is 7.05. The van der Waals surface area contributed by atoms with E-state index in [1.54, 1.807) is 0 Å².